The summed E-state index contributed by atoms with van der Waals surface area (Å²) in [5.74, 6) is -0.653. The minimum atomic E-state index is -0.331. The van der Waals surface area contributed by atoms with Crippen LogP contribution in [-0.2, 0) is 16.1 Å². The number of likely N-dealkylation sites (N-methyl/N-ethyl adjacent to an activating group) is 1. The number of halogens is 1. The van der Waals surface area contributed by atoms with E-state index in [9.17, 15) is 9.59 Å². The van der Waals surface area contributed by atoms with Crippen molar-refractivity contribution in [3.8, 4) is 0 Å². The number of thiophene rings is 1. The molecule has 0 bridgehead atoms. The average Bonchev–Trinajstić information content (AvgIpc) is 3.31. The van der Waals surface area contributed by atoms with E-state index in [1.807, 2.05) is 72.8 Å². The lowest BCUT2D eigenvalue weighted by atomic mass is 10.1. The number of carbonyl (C=O) groups excluding carboxylic acids is 2. The smallest absolute Gasteiger partial charge is 0.282 e. The second kappa shape index (κ2) is 7.85. The van der Waals surface area contributed by atoms with Gasteiger partial charge < -0.3 is 4.90 Å². The Kier molecular flexibility index (Phi) is 5.26. The molecule has 146 valence electrons. The van der Waals surface area contributed by atoms with Crippen LogP contribution in [0.3, 0.4) is 0 Å². The molecule has 0 atom stereocenters. The highest BCUT2D eigenvalue weighted by Crippen LogP contribution is 2.38. The number of aryl methyl sites for hydroxylation is 1. The molecule has 0 saturated heterocycles. The van der Waals surface area contributed by atoms with Gasteiger partial charge in [0.25, 0.3) is 11.8 Å². The van der Waals surface area contributed by atoms with E-state index < -0.39 is 0 Å². The summed E-state index contributed by atoms with van der Waals surface area (Å²) in [6.45, 7) is 2.38. The van der Waals surface area contributed by atoms with Gasteiger partial charge >= 0.3 is 0 Å². The maximum absolute atomic E-state index is 13.5. The maximum atomic E-state index is 13.5. The molecule has 1 aliphatic rings. The van der Waals surface area contributed by atoms with E-state index in [2.05, 4.69) is 0 Å². The maximum Gasteiger partial charge on any atom is 0.282 e. The molecule has 0 spiro atoms. The molecular weight excluding hydrogens is 404 g/mol. The summed E-state index contributed by atoms with van der Waals surface area (Å²) in [6, 6.07) is 18.9. The van der Waals surface area contributed by atoms with Crippen molar-refractivity contribution in [2.75, 3.05) is 11.9 Å². The van der Waals surface area contributed by atoms with Gasteiger partial charge in [-0.1, -0.05) is 54.1 Å². The first-order chi connectivity index (χ1) is 14.0. The molecule has 2 amide bonds. The van der Waals surface area contributed by atoms with Gasteiger partial charge in [-0.05, 0) is 41.6 Å². The predicted octanol–water partition coefficient (Wildman–Crippen LogP) is 5.13. The molecule has 1 aromatic heterocycles. The molecule has 1 aliphatic heterocycles. The van der Waals surface area contributed by atoms with Gasteiger partial charge in [-0.25, -0.2) is 4.90 Å². The van der Waals surface area contributed by atoms with Crippen LogP contribution in [0.1, 0.15) is 16.0 Å². The van der Waals surface area contributed by atoms with Gasteiger partial charge in [-0.2, -0.15) is 0 Å². The first-order valence-corrected chi connectivity index (χ1v) is 10.4. The van der Waals surface area contributed by atoms with Gasteiger partial charge in [0, 0.05) is 23.5 Å². The van der Waals surface area contributed by atoms with Crippen LogP contribution in [0.25, 0.3) is 5.57 Å². The Morgan fingerprint density at radius 2 is 1.76 bits per heavy atom. The van der Waals surface area contributed by atoms with E-state index in [0.717, 1.165) is 16.0 Å². The summed E-state index contributed by atoms with van der Waals surface area (Å²) in [7, 11) is 1.84. The van der Waals surface area contributed by atoms with E-state index in [0.29, 0.717) is 28.5 Å². The average molecular weight is 423 g/mol. The Hall–Kier alpha value is -2.89. The molecular formula is C23H19ClN2O2S. The van der Waals surface area contributed by atoms with Crippen molar-refractivity contribution in [1.82, 2.24) is 4.90 Å². The SMILES string of the molecule is Cc1ccc(Cl)cc1N1C(=O)C(c2cccs2)=C(N(C)Cc2ccccc2)C1=O. The fraction of sp³-hybridized carbons (Fsp3) is 0.130. The van der Waals surface area contributed by atoms with Crippen molar-refractivity contribution in [3.05, 3.63) is 92.8 Å². The first kappa shape index (κ1) is 19.4. The first-order valence-electron chi connectivity index (χ1n) is 9.15. The minimum Gasteiger partial charge on any atom is -0.365 e. The predicted molar refractivity (Wildman–Crippen MR) is 118 cm³/mol. The normalized spacial score (nSPS) is 14.1. The summed E-state index contributed by atoms with van der Waals surface area (Å²) in [6.07, 6.45) is 0. The summed E-state index contributed by atoms with van der Waals surface area (Å²) in [5.41, 5.74) is 3.23. The van der Waals surface area contributed by atoms with Crippen LogP contribution in [0.2, 0.25) is 5.02 Å². The van der Waals surface area contributed by atoms with Crippen molar-refractivity contribution < 1.29 is 9.59 Å². The zero-order valence-electron chi connectivity index (χ0n) is 16.1. The molecule has 4 nitrogen and oxygen atoms in total. The summed E-state index contributed by atoms with van der Waals surface area (Å²) in [4.78, 5) is 30.8. The van der Waals surface area contributed by atoms with Gasteiger partial charge in [0.05, 0.1) is 11.3 Å². The fourth-order valence-electron chi connectivity index (χ4n) is 3.49. The number of imide groups is 1. The quantitative estimate of drug-likeness (QED) is 0.535. The van der Waals surface area contributed by atoms with Crippen LogP contribution in [0, 0.1) is 6.92 Å². The third kappa shape index (κ3) is 3.59. The molecule has 0 aliphatic carbocycles. The van der Waals surface area contributed by atoms with E-state index in [1.165, 1.54) is 16.2 Å². The van der Waals surface area contributed by atoms with Crippen LogP contribution >= 0.6 is 22.9 Å². The molecule has 6 heteroatoms. The number of hydrogen-bond donors (Lipinski definition) is 0. The lowest BCUT2D eigenvalue weighted by molar-refractivity contribution is -0.120. The molecule has 0 saturated carbocycles. The highest BCUT2D eigenvalue weighted by molar-refractivity contribution is 7.11. The Bertz CT molecular complexity index is 1110. The van der Waals surface area contributed by atoms with Crippen LogP contribution in [-0.4, -0.2) is 23.8 Å². The van der Waals surface area contributed by atoms with Crippen LogP contribution < -0.4 is 4.90 Å². The molecule has 0 radical (unpaired) electrons. The Morgan fingerprint density at radius 3 is 2.45 bits per heavy atom. The molecule has 0 fully saturated rings. The van der Waals surface area contributed by atoms with Gasteiger partial charge in [0.2, 0.25) is 0 Å². The van der Waals surface area contributed by atoms with Crippen molar-refractivity contribution in [3.63, 3.8) is 0 Å². The molecule has 2 heterocycles. The Labute approximate surface area is 178 Å². The van der Waals surface area contributed by atoms with Gasteiger partial charge in [0.1, 0.15) is 5.70 Å². The zero-order chi connectivity index (χ0) is 20.5. The van der Waals surface area contributed by atoms with Crippen molar-refractivity contribution in [2.24, 2.45) is 0 Å². The highest BCUT2D eigenvalue weighted by Gasteiger charge is 2.42. The topological polar surface area (TPSA) is 40.6 Å². The number of amides is 2. The standard InChI is InChI=1S/C23H19ClN2O2S/c1-15-10-11-17(24)13-18(15)26-22(27)20(19-9-6-12-29-19)21(23(26)28)25(2)14-16-7-4-3-5-8-16/h3-13H,14H2,1-2H3. The molecule has 4 rings (SSSR count). The van der Waals surface area contributed by atoms with Crippen molar-refractivity contribution in [1.29, 1.82) is 0 Å². The third-order valence-electron chi connectivity index (χ3n) is 4.88. The number of rotatable bonds is 5. The lowest BCUT2D eigenvalue weighted by Gasteiger charge is -2.22. The molecule has 0 N–H and O–H groups in total. The van der Waals surface area contributed by atoms with Gasteiger partial charge in [-0.3, -0.25) is 9.59 Å². The molecule has 3 aromatic rings. The van der Waals surface area contributed by atoms with Gasteiger partial charge in [0.15, 0.2) is 0 Å². The largest absolute Gasteiger partial charge is 0.365 e. The van der Waals surface area contributed by atoms with Crippen LogP contribution in [0.4, 0.5) is 5.69 Å². The highest BCUT2D eigenvalue weighted by atomic mass is 35.5. The lowest BCUT2D eigenvalue weighted by Crippen LogP contribution is -2.34. The van der Waals surface area contributed by atoms with Gasteiger partial charge in [-0.15, -0.1) is 11.3 Å². The summed E-state index contributed by atoms with van der Waals surface area (Å²) >= 11 is 7.61. The van der Waals surface area contributed by atoms with Crippen molar-refractivity contribution >= 4 is 46.0 Å². The monoisotopic (exact) mass is 422 g/mol. The second-order valence-electron chi connectivity index (χ2n) is 6.92. The Morgan fingerprint density at radius 1 is 1.00 bits per heavy atom. The fourth-order valence-corrected chi connectivity index (χ4v) is 4.42. The second-order valence-corrected chi connectivity index (χ2v) is 8.30. The summed E-state index contributed by atoms with van der Waals surface area (Å²) in [5, 5.41) is 2.39. The number of benzene rings is 2. The van der Waals surface area contributed by atoms with Crippen LogP contribution in [0.5, 0.6) is 0 Å². The number of carbonyl (C=O) groups is 2. The molecule has 2 aromatic carbocycles. The van der Waals surface area contributed by atoms with E-state index >= 15 is 0 Å². The number of nitrogens with zero attached hydrogens (tertiary/aromatic N) is 2. The minimum absolute atomic E-state index is 0.322. The van der Waals surface area contributed by atoms with Crippen molar-refractivity contribution in [2.45, 2.75) is 13.5 Å². The van der Waals surface area contributed by atoms with E-state index in [-0.39, 0.29) is 11.8 Å². The third-order valence-corrected chi connectivity index (χ3v) is 6.01. The number of hydrogen-bond acceptors (Lipinski definition) is 4. The zero-order valence-corrected chi connectivity index (χ0v) is 17.6. The van der Waals surface area contributed by atoms with Crippen LogP contribution in [0.15, 0.2) is 71.7 Å². The molecule has 29 heavy (non-hydrogen) atoms. The van der Waals surface area contributed by atoms with E-state index in [4.69, 9.17) is 11.6 Å². The van der Waals surface area contributed by atoms with E-state index in [1.54, 1.807) is 12.1 Å². The number of anilines is 1. The molecule has 0 unspecified atom stereocenters. The summed E-state index contributed by atoms with van der Waals surface area (Å²) < 4.78 is 0. The Balaban J connectivity index is 1.80.